The van der Waals surface area contributed by atoms with Crippen LogP contribution in [0.1, 0.15) is 48.9 Å². The molecule has 148 valence electrons. The number of hydrogen-bond donors (Lipinski definition) is 1. The van der Waals surface area contributed by atoms with E-state index in [-0.39, 0.29) is 11.9 Å². The van der Waals surface area contributed by atoms with Gasteiger partial charge in [-0.25, -0.2) is 4.98 Å². The maximum atomic E-state index is 12.9. The van der Waals surface area contributed by atoms with Gasteiger partial charge in [0.1, 0.15) is 11.5 Å². The van der Waals surface area contributed by atoms with Crippen molar-refractivity contribution >= 4 is 22.6 Å². The molecule has 0 aromatic carbocycles. The van der Waals surface area contributed by atoms with Crippen LogP contribution < -0.4 is 5.32 Å². The van der Waals surface area contributed by atoms with Gasteiger partial charge in [-0.05, 0) is 25.8 Å². The Morgan fingerprint density at radius 3 is 3.07 bits per heavy atom. The first kappa shape index (κ1) is 19.8. The Morgan fingerprint density at radius 2 is 2.30 bits per heavy atom. The van der Waals surface area contributed by atoms with Crippen molar-refractivity contribution in [1.82, 2.24) is 24.0 Å². The molecule has 1 N–H and O–H groups in total. The summed E-state index contributed by atoms with van der Waals surface area (Å²) in [6.07, 6.45) is 6.90. The SMILES string of the molecule is CCn1ccc(C(=O)N2CCCCC[C@H](Nc3nc(CCOC)ns3)C2)n1. The number of carbonyl (C=O) groups excluding carboxylic acids is 1. The van der Waals surface area contributed by atoms with E-state index in [0.29, 0.717) is 25.3 Å². The maximum Gasteiger partial charge on any atom is 0.274 e. The van der Waals surface area contributed by atoms with Gasteiger partial charge in [-0.3, -0.25) is 9.48 Å². The van der Waals surface area contributed by atoms with Crippen molar-refractivity contribution in [2.75, 3.05) is 32.1 Å². The number of likely N-dealkylation sites (tertiary alicyclic amines) is 1. The molecule has 0 saturated carbocycles. The van der Waals surface area contributed by atoms with Crippen LogP contribution in [-0.4, -0.2) is 62.8 Å². The standard InChI is InChI=1S/C18H28N6O2S/c1-3-24-11-8-15(21-24)17(25)23-10-6-4-5-7-14(13-23)19-18-20-16(22-27-18)9-12-26-2/h8,11,14H,3-7,9-10,12-13H2,1-2H3,(H,19,20,22)/t14-/m0/s1. The fourth-order valence-electron chi connectivity index (χ4n) is 3.22. The van der Waals surface area contributed by atoms with E-state index in [0.717, 1.165) is 49.7 Å². The monoisotopic (exact) mass is 392 g/mol. The van der Waals surface area contributed by atoms with Gasteiger partial charge >= 0.3 is 0 Å². The number of carbonyl (C=O) groups is 1. The van der Waals surface area contributed by atoms with Crippen molar-refractivity contribution in [3.63, 3.8) is 0 Å². The van der Waals surface area contributed by atoms with Crippen LogP contribution in [0, 0.1) is 0 Å². The molecule has 3 rings (SSSR count). The van der Waals surface area contributed by atoms with E-state index < -0.39 is 0 Å². The average Bonchev–Trinajstić information content (AvgIpc) is 3.31. The average molecular weight is 393 g/mol. The first-order valence-electron chi connectivity index (χ1n) is 9.60. The second kappa shape index (κ2) is 9.80. The summed E-state index contributed by atoms with van der Waals surface area (Å²) in [6.45, 7) is 4.82. The topological polar surface area (TPSA) is 85.2 Å². The van der Waals surface area contributed by atoms with E-state index in [2.05, 4.69) is 19.8 Å². The molecule has 0 bridgehead atoms. The van der Waals surface area contributed by atoms with Gasteiger partial charge in [0.15, 0.2) is 0 Å². The number of amides is 1. The highest BCUT2D eigenvalue weighted by atomic mass is 32.1. The first-order chi connectivity index (χ1) is 13.2. The van der Waals surface area contributed by atoms with Crippen molar-refractivity contribution in [1.29, 1.82) is 0 Å². The van der Waals surface area contributed by atoms with Crippen LogP contribution in [0.4, 0.5) is 5.13 Å². The Hall–Kier alpha value is -2.00. The molecule has 0 radical (unpaired) electrons. The Kier molecular flexibility index (Phi) is 7.17. The second-order valence-corrected chi connectivity index (χ2v) is 7.51. The zero-order valence-corrected chi connectivity index (χ0v) is 16.9. The molecule has 1 atom stereocenters. The number of ether oxygens (including phenoxy) is 1. The van der Waals surface area contributed by atoms with Gasteiger partial charge in [-0.2, -0.15) is 9.47 Å². The first-order valence-corrected chi connectivity index (χ1v) is 10.4. The molecular weight excluding hydrogens is 364 g/mol. The van der Waals surface area contributed by atoms with Crippen LogP contribution in [0.5, 0.6) is 0 Å². The Bertz CT molecular complexity index is 731. The zero-order valence-electron chi connectivity index (χ0n) is 16.1. The highest BCUT2D eigenvalue weighted by Gasteiger charge is 2.24. The lowest BCUT2D eigenvalue weighted by molar-refractivity contribution is 0.0729. The van der Waals surface area contributed by atoms with Crippen LogP contribution in [0.15, 0.2) is 12.3 Å². The number of hydrogen-bond acceptors (Lipinski definition) is 7. The summed E-state index contributed by atoms with van der Waals surface area (Å²) < 4.78 is 11.2. The Morgan fingerprint density at radius 1 is 1.41 bits per heavy atom. The van der Waals surface area contributed by atoms with Gasteiger partial charge in [0, 0.05) is 56.9 Å². The van der Waals surface area contributed by atoms with Crippen LogP contribution >= 0.6 is 11.5 Å². The molecule has 2 aromatic heterocycles. The third-order valence-electron chi connectivity index (χ3n) is 4.72. The summed E-state index contributed by atoms with van der Waals surface area (Å²) in [4.78, 5) is 19.4. The molecule has 0 spiro atoms. The predicted octanol–water partition coefficient (Wildman–Crippen LogP) is 2.44. The molecule has 0 aliphatic carbocycles. The second-order valence-electron chi connectivity index (χ2n) is 6.76. The largest absolute Gasteiger partial charge is 0.384 e. The van der Waals surface area contributed by atoms with Gasteiger partial charge in [-0.15, -0.1) is 0 Å². The fourth-order valence-corrected chi connectivity index (χ4v) is 3.91. The minimum Gasteiger partial charge on any atom is -0.384 e. The molecular formula is C18H28N6O2S. The summed E-state index contributed by atoms with van der Waals surface area (Å²) in [6, 6.07) is 1.98. The van der Waals surface area contributed by atoms with Gasteiger partial charge in [0.2, 0.25) is 5.13 Å². The third-order valence-corrected chi connectivity index (χ3v) is 5.40. The van der Waals surface area contributed by atoms with Gasteiger partial charge in [0.05, 0.1) is 6.61 Å². The minimum absolute atomic E-state index is 0.00828. The van der Waals surface area contributed by atoms with Crippen molar-refractivity contribution in [2.24, 2.45) is 0 Å². The van der Waals surface area contributed by atoms with Crippen molar-refractivity contribution < 1.29 is 9.53 Å². The number of nitrogens with zero attached hydrogens (tertiary/aromatic N) is 5. The van der Waals surface area contributed by atoms with Crippen LogP contribution in [0.25, 0.3) is 0 Å². The predicted molar refractivity (Wildman–Crippen MR) is 105 cm³/mol. The molecule has 1 fully saturated rings. The van der Waals surface area contributed by atoms with Crippen LogP contribution in [0.3, 0.4) is 0 Å². The molecule has 1 saturated heterocycles. The van der Waals surface area contributed by atoms with Crippen molar-refractivity contribution in [3.8, 4) is 0 Å². The fraction of sp³-hybridized carbons (Fsp3) is 0.667. The van der Waals surface area contributed by atoms with Gasteiger partial charge in [0.25, 0.3) is 5.91 Å². The van der Waals surface area contributed by atoms with Gasteiger partial charge in [-0.1, -0.05) is 12.8 Å². The molecule has 8 nitrogen and oxygen atoms in total. The molecule has 3 heterocycles. The molecule has 0 unspecified atom stereocenters. The molecule has 1 amide bonds. The van der Waals surface area contributed by atoms with E-state index in [4.69, 9.17) is 4.74 Å². The smallest absolute Gasteiger partial charge is 0.274 e. The van der Waals surface area contributed by atoms with E-state index in [1.54, 1.807) is 17.9 Å². The summed E-state index contributed by atoms with van der Waals surface area (Å²) >= 11 is 1.37. The Labute approximate surface area is 164 Å². The number of methoxy groups -OCH3 is 1. The summed E-state index contributed by atoms with van der Waals surface area (Å²) in [5.41, 5.74) is 0.522. The van der Waals surface area contributed by atoms with E-state index in [1.807, 2.05) is 18.0 Å². The third kappa shape index (κ3) is 5.49. The highest BCUT2D eigenvalue weighted by Crippen LogP contribution is 2.19. The number of rotatable bonds is 7. The minimum atomic E-state index is 0.00828. The number of anilines is 1. The number of aromatic nitrogens is 4. The van der Waals surface area contributed by atoms with E-state index in [9.17, 15) is 4.79 Å². The summed E-state index contributed by atoms with van der Waals surface area (Å²) in [5.74, 6) is 0.808. The molecule has 27 heavy (non-hydrogen) atoms. The number of aryl methyl sites for hydroxylation is 1. The maximum absolute atomic E-state index is 12.9. The lowest BCUT2D eigenvalue weighted by Gasteiger charge is -2.30. The van der Waals surface area contributed by atoms with Gasteiger partial charge < -0.3 is 15.0 Å². The number of nitrogens with one attached hydrogen (secondary N) is 1. The molecule has 2 aromatic rings. The molecule has 1 aliphatic heterocycles. The highest BCUT2D eigenvalue weighted by molar-refractivity contribution is 7.09. The molecule has 1 aliphatic rings. The van der Waals surface area contributed by atoms with Crippen molar-refractivity contribution in [2.45, 2.75) is 51.6 Å². The normalized spacial score (nSPS) is 18.1. The van der Waals surface area contributed by atoms with Crippen LogP contribution in [0.2, 0.25) is 0 Å². The zero-order chi connectivity index (χ0) is 19.1. The summed E-state index contributed by atoms with van der Waals surface area (Å²) in [7, 11) is 1.68. The van der Waals surface area contributed by atoms with E-state index in [1.165, 1.54) is 11.5 Å². The lowest BCUT2D eigenvalue weighted by atomic mass is 10.0. The van der Waals surface area contributed by atoms with Crippen LogP contribution in [-0.2, 0) is 17.7 Å². The summed E-state index contributed by atoms with van der Waals surface area (Å²) in [5, 5.41) is 8.67. The quantitative estimate of drug-likeness (QED) is 0.779. The lowest BCUT2D eigenvalue weighted by Crippen LogP contribution is -2.42. The van der Waals surface area contributed by atoms with E-state index >= 15 is 0 Å². The molecule has 9 heteroatoms. The Balaban J connectivity index is 1.64. The van der Waals surface area contributed by atoms with Crippen molar-refractivity contribution in [3.05, 3.63) is 23.8 Å².